The van der Waals surface area contributed by atoms with Crippen molar-refractivity contribution in [2.75, 3.05) is 6.61 Å². The summed E-state index contributed by atoms with van der Waals surface area (Å²) in [6.07, 6.45) is 1.13. The van der Waals surface area contributed by atoms with Gasteiger partial charge in [0.2, 0.25) is 0 Å². The van der Waals surface area contributed by atoms with E-state index in [2.05, 4.69) is 22.6 Å². The van der Waals surface area contributed by atoms with Crippen LogP contribution in [0.25, 0.3) is 6.08 Å². The van der Waals surface area contributed by atoms with Crippen LogP contribution in [0.3, 0.4) is 0 Å². The molecule has 0 saturated heterocycles. The number of hydrogen-bond acceptors (Lipinski definition) is 7. The molecule has 2 aromatic rings. The number of nitriles is 2. The van der Waals surface area contributed by atoms with Crippen molar-refractivity contribution in [3.63, 3.8) is 0 Å². The van der Waals surface area contributed by atoms with Gasteiger partial charge in [-0.05, 0) is 82.8 Å². The lowest BCUT2D eigenvalue weighted by Gasteiger charge is -2.04. The summed E-state index contributed by atoms with van der Waals surface area (Å²) >= 11 is 5.07. The molecule has 1 N–H and O–H groups in total. The molecule has 29 heavy (non-hydrogen) atoms. The lowest BCUT2D eigenvalue weighted by Crippen LogP contribution is -2.05. The van der Waals surface area contributed by atoms with Crippen molar-refractivity contribution >= 4 is 74.3 Å². The summed E-state index contributed by atoms with van der Waals surface area (Å²) in [7, 11) is 0. The molecule has 1 aromatic carbocycles. The van der Waals surface area contributed by atoms with Gasteiger partial charge in [-0.25, -0.2) is 4.79 Å². The molecule has 148 valence electrons. The monoisotopic (exact) mass is 632 g/mol. The van der Waals surface area contributed by atoms with E-state index in [4.69, 9.17) is 4.74 Å². The number of phenols is 1. The third kappa shape index (κ3) is 5.35. The van der Waals surface area contributed by atoms with Gasteiger partial charge in [0.1, 0.15) is 22.8 Å². The number of allylic oxidation sites excluding steroid dienone is 1. The number of benzene rings is 1. The van der Waals surface area contributed by atoms with Crippen LogP contribution in [0.4, 0.5) is 0 Å². The molecule has 0 spiro atoms. The van der Waals surface area contributed by atoms with Crippen LogP contribution in [-0.2, 0) is 16.0 Å². The Morgan fingerprint density at radius 2 is 2.00 bits per heavy atom. The van der Waals surface area contributed by atoms with Crippen LogP contribution in [0, 0.1) is 36.7 Å². The molecular formula is C20H14I2N2O4S. The highest BCUT2D eigenvalue weighted by Crippen LogP contribution is 2.31. The zero-order valence-electron chi connectivity index (χ0n) is 15.4. The zero-order valence-corrected chi connectivity index (χ0v) is 20.5. The summed E-state index contributed by atoms with van der Waals surface area (Å²) in [4.78, 5) is 25.5. The van der Waals surface area contributed by atoms with E-state index in [1.807, 2.05) is 34.7 Å². The van der Waals surface area contributed by atoms with Crippen molar-refractivity contribution in [2.24, 2.45) is 0 Å². The quantitative estimate of drug-likeness (QED) is 0.213. The van der Waals surface area contributed by atoms with E-state index in [1.54, 1.807) is 26.0 Å². The Hall–Kier alpha value is -1.96. The van der Waals surface area contributed by atoms with Gasteiger partial charge in [0.25, 0.3) is 0 Å². The molecule has 0 fully saturated rings. The van der Waals surface area contributed by atoms with Crippen molar-refractivity contribution in [1.82, 2.24) is 0 Å². The van der Waals surface area contributed by atoms with Crippen LogP contribution in [0.1, 0.15) is 38.2 Å². The van der Waals surface area contributed by atoms with E-state index in [0.717, 1.165) is 14.9 Å². The van der Waals surface area contributed by atoms with Gasteiger partial charge in [-0.1, -0.05) is 0 Å². The number of rotatable bonds is 6. The van der Waals surface area contributed by atoms with Gasteiger partial charge in [0, 0.05) is 20.4 Å². The van der Waals surface area contributed by atoms with E-state index in [-0.39, 0.29) is 34.8 Å². The van der Waals surface area contributed by atoms with Crippen LogP contribution < -0.4 is 0 Å². The maximum atomic E-state index is 12.7. The average Bonchev–Trinajstić information content (AvgIpc) is 2.98. The third-order valence-corrected chi connectivity index (χ3v) is 6.61. The van der Waals surface area contributed by atoms with E-state index < -0.39 is 11.8 Å². The molecule has 9 heteroatoms. The molecule has 0 aliphatic heterocycles. The van der Waals surface area contributed by atoms with E-state index in [0.29, 0.717) is 19.6 Å². The number of nitrogens with zero attached hydrogens (tertiary/aromatic N) is 2. The Bertz CT molecular complexity index is 1110. The standard InChI is InChI=1S/C20H14I2N2O4S/c1-3-28-20(27)19-10(2)14(9-24)17(29-19)7-16(25)12(8-23)4-11-5-13(21)6-15(22)18(11)26/h4-6,26H,3,7H2,1-2H3. The molecule has 0 atom stereocenters. The summed E-state index contributed by atoms with van der Waals surface area (Å²) in [6, 6.07) is 7.32. The fourth-order valence-corrected chi connectivity index (χ4v) is 5.54. The first-order valence-corrected chi connectivity index (χ1v) is 11.2. The fraction of sp³-hybridized carbons (Fsp3) is 0.200. The molecule has 1 heterocycles. The van der Waals surface area contributed by atoms with Crippen molar-refractivity contribution in [3.05, 3.63) is 51.3 Å². The van der Waals surface area contributed by atoms with Crippen LogP contribution >= 0.6 is 56.5 Å². The predicted molar refractivity (Wildman–Crippen MR) is 126 cm³/mol. The third-order valence-electron chi connectivity index (χ3n) is 3.89. The van der Waals surface area contributed by atoms with Crippen molar-refractivity contribution in [2.45, 2.75) is 20.3 Å². The largest absolute Gasteiger partial charge is 0.506 e. The summed E-state index contributed by atoms with van der Waals surface area (Å²) in [5.74, 6) is -1.06. The van der Waals surface area contributed by atoms with Crippen molar-refractivity contribution < 1.29 is 19.4 Å². The molecule has 6 nitrogen and oxygen atoms in total. The topological polar surface area (TPSA) is 111 Å². The maximum Gasteiger partial charge on any atom is 0.348 e. The predicted octanol–water partition coefficient (Wildman–Crippen LogP) is 4.74. The smallest absolute Gasteiger partial charge is 0.348 e. The molecular weight excluding hydrogens is 618 g/mol. The summed E-state index contributed by atoms with van der Waals surface area (Å²) in [5, 5.41) is 29.1. The highest BCUT2D eigenvalue weighted by atomic mass is 127. The Kier molecular flexibility index (Phi) is 8.19. The van der Waals surface area contributed by atoms with Crippen LogP contribution in [0.5, 0.6) is 5.75 Å². The number of Topliss-reactive ketones (excluding diaryl/α,β-unsaturated/α-hetero) is 1. The molecule has 2 rings (SSSR count). The van der Waals surface area contributed by atoms with Gasteiger partial charge in [-0.2, -0.15) is 10.5 Å². The number of phenolic OH excluding ortho intramolecular Hbond substituents is 1. The van der Waals surface area contributed by atoms with Gasteiger partial charge in [-0.15, -0.1) is 11.3 Å². The maximum absolute atomic E-state index is 12.7. The molecule has 1 aromatic heterocycles. The van der Waals surface area contributed by atoms with Crippen molar-refractivity contribution in [1.29, 1.82) is 10.5 Å². The number of ketones is 1. The van der Waals surface area contributed by atoms with E-state index in [1.165, 1.54) is 6.08 Å². The van der Waals surface area contributed by atoms with Gasteiger partial charge in [0.05, 0.1) is 21.3 Å². The Morgan fingerprint density at radius 3 is 2.59 bits per heavy atom. The second-order valence-electron chi connectivity index (χ2n) is 5.78. The molecule has 0 unspecified atom stereocenters. The summed E-state index contributed by atoms with van der Waals surface area (Å²) < 4.78 is 6.44. The lowest BCUT2D eigenvalue weighted by atomic mass is 10.0. The molecule has 0 saturated carbocycles. The number of carbonyl (C=O) groups is 2. The Balaban J connectivity index is 2.41. The molecule has 0 aliphatic carbocycles. The first-order valence-electron chi connectivity index (χ1n) is 8.25. The number of aromatic hydroxyl groups is 1. The summed E-state index contributed by atoms with van der Waals surface area (Å²) in [5.41, 5.74) is 0.924. The first kappa shape index (κ1) is 23.3. The fourth-order valence-electron chi connectivity index (χ4n) is 2.50. The van der Waals surface area contributed by atoms with Gasteiger partial charge in [-0.3, -0.25) is 4.79 Å². The number of halogens is 2. The Morgan fingerprint density at radius 1 is 1.31 bits per heavy atom. The van der Waals surface area contributed by atoms with Gasteiger partial charge >= 0.3 is 5.97 Å². The van der Waals surface area contributed by atoms with Crippen molar-refractivity contribution in [3.8, 4) is 17.9 Å². The number of carbonyl (C=O) groups excluding carboxylic acids is 2. The van der Waals surface area contributed by atoms with Crippen LogP contribution in [0.15, 0.2) is 17.7 Å². The van der Waals surface area contributed by atoms with Gasteiger partial charge in [0.15, 0.2) is 5.78 Å². The lowest BCUT2D eigenvalue weighted by molar-refractivity contribution is -0.114. The minimum Gasteiger partial charge on any atom is -0.506 e. The highest BCUT2D eigenvalue weighted by Gasteiger charge is 2.23. The number of thiophene rings is 1. The van der Waals surface area contributed by atoms with Gasteiger partial charge < -0.3 is 9.84 Å². The van der Waals surface area contributed by atoms with E-state index in [9.17, 15) is 25.2 Å². The SMILES string of the molecule is CCOC(=O)c1sc(CC(=O)C(C#N)=Cc2cc(I)cc(I)c2O)c(C#N)c1C. The number of ether oxygens (including phenoxy) is 1. The molecule has 0 bridgehead atoms. The second kappa shape index (κ2) is 10.2. The molecule has 0 aliphatic rings. The Labute approximate surface area is 199 Å². The highest BCUT2D eigenvalue weighted by molar-refractivity contribution is 14.1. The minimum absolute atomic E-state index is 0.0131. The number of esters is 1. The molecule has 0 amide bonds. The summed E-state index contributed by atoms with van der Waals surface area (Å²) in [6.45, 7) is 3.51. The normalized spacial score (nSPS) is 10.9. The van der Waals surface area contributed by atoms with Crippen LogP contribution in [0.2, 0.25) is 0 Å². The zero-order chi connectivity index (χ0) is 21.7. The molecule has 0 radical (unpaired) electrons. The first-order chi connectivity index (χ1) is 13.7. The van der Waals surface area contributed by atoms with Crippen LogP contribution in [-0.4, -0.2) is 23.5 Å². The number of hydrogen-bond donors (Lipinski definition) is 1. The van der Waals surface area contributed by atoms with E-state index >= 15 is 0 Å². The average molecular weight is 632 g/mol. The minimum atomic E-state index is -0.542. The second-order valence-corrected chi connectivity index (χ2v) is 9.29.